The highest BCUT2D eigenvalue weighted by atomic mass is 35.5. The van der Waals surface area contributed by atoms with E-state index in [1.54, 1.807) is 69.1 Å². The Hall–Kier alpha value is -14.2. The number of primary amides is 3. The molecule has 33 nitrogen and oxygen atoms in total. The number of nitrogen functional groups attached to an aromatic ring is 1. The first-order valence-electron chi connectivity index (χ1n) is 36.1. The van der Waals surface area contributed by atoms with Gasteiger partial charge in [0.25, 0.3) is 17.7 Å². The monoisotopic (exact) mass is 1570 g/mol. The van der Waals surface area contributed by atoms with E-state index in [1.807, 2.05) is 142 Å². The van der Waals surface area contributed by atoms with Crippen molar-refractivity contribution in [3.8, 4) is 17.5 Å². The van der Waals surface area contributed by atoms with E-state index < -0.39 is 29.3 Å². The normalized spacial score (nSPS) is 13.2. The van der Waals surface area contributed by atoms with Crippen LogP contribution >= 0.6 is 11.6 Å². The van der Waals surface area contributed by atoms with Crippen LogP contribution < -0.4 is 58.9 Å². The number of rotatable bonds is 14. The number of carboxylic acid groups (broad SMARTS) is 1. The fraction of sp³-hybridized carbons (Fsp3) is 0.222. The molecule has 0 spiro atoms. The fourth-order valence-corrected chi connectivity index (χ4v) is 12.9. The molecule has 0 aliphatic carbocycles. The Labute approximate surface area is 666 Å². The number of benzene rings is 7. The van der Waals surface area contributed by atoms with Crippen molar-refractivity contribution < 1.29 is 33.8 Å². The third-order valence-corrected chi connectivity index (χ3v) is 18.2. The van der Waals surface area contributed by atoms with Gasteiger partial charge in [0, 0.05) is 171 Å². The number of carbonyl (C=O) groups is 5. The SMILES string of the molecule is C.C.CC(C)(C)OC(=O)N1CCN(c2cccc(N)c2)CC1.NC(=O)c1nn(-c2ccnc(Cl)n2)c2ccccc12.NC(=O)c1nn(-c2ccnc(Nc3cccc(N4CCNCC4)c3)n2)c2ccccc12.NC(=O)c1nn(-c2ccnc(Nc3cccc(N4CCNCC4)c3)n2)c2ccccc12.O=C(O)c1n[nH]c2ccccc12. The molecule has 4 amide bonds. The van der Waals surface area contributed by atoms with E-state index in [0.717, 1.165) is 122 Å². The zero-order chi connectivity index (χ0) is 79.1. The summed E-state index contributed by atoms with van der Waals surface area (Å²) in [5.41, 5.74) is 31.4. The first-order valence-corrected chi connectivity index (χ1v) is 36.4. The second-order valence-electron chi connectivity index (χ2n) is 26.9. The molecule has 14 aromatic rings. The molecule has 3 aliphatic rings. The zero-order valence-corrected chi connectivity index (χ0v) is 62.6. The van der Waals surface area contributed by atoms with E-state index in [2.05, 4.69) is 116 Å². The number of anilines is 8. The molecule has 14 N–H and O–H groups in total. The maximum absolute atomic E-state index is 12.0. The molecule has 0 bridgehead atoms. The maximum Gasteiger partial charge on any atom is 0.410 e. The number of H-pyrrole nitrogens is 1. The lowest BCUT2D eigenvalue weighted by molar-refractivity contribution is 0.0240. The van der Waals surface area contributed by atoms with Crippen LogP contribution in [-0.4, -0.2) is 193 Å². The van der Waals surface area contributed by atoms with E-state index in [0.29, 0.717) is 64.0 Å². The van der Waals surface area contributed by atoms with Crippen LogP contribution in [0.4, 0.5) is 50.8 Å². The molecule has 0 unspecified atom stereocenters. The molecule has 0 atom stereocenters. The average molecular weight is 1570 g/mol. The summed E-state index contributed by atoms with van der Waals surface area (Å²) in [5, 5.41) is 44.1. The summed E-state index contributed by atoms with van der Waals surface area (Å²) in [6.45, 7) is 16.4. The highest BCUT2D eigenvalue weighted by molar-refractivity contribution is 6.28. The minimum absolute atomic E-state index is 0. The van der Waals surface area contributed by atoms with E-state index in [1.165, 1.54) is 10.9 Å². The van der Waals surface area contributed by atoms with Crippen LogP contribution in [0.5, 0.6) is 0 Å². The van der Waals surface area contributed by atoms with Crippen LogP contribution in [0.3, 0.4) is 0 Å². The molecule has 115 heavy (non-hydrogen) atoms. The smallest absolute Gasteiger partial charge is 0.410 e. The number of amides is 4. The number of ether oxygens (including phenoxy) is 1. The van der Waals surface area contributed by atoms with Gasteiger partial charge in [-0.25, -0.2) is 38.6 Å². The Balaban J connectivity index is 0.000000146. The van der Waals surface area contributed by atoms with Gasteiger partial charge in [-0.2, -0.15) is 35.3 Å². The number of nitrogens with one attached hydrogen (secondary N) is 5. The van der Waals surface area contributed by atoms with Crippen LogP contribution in [0.15, 0.2) is 207 Å². The minimum atomic E-state index is -1.01. The fourth-order valence-electron chi connectivity index (χ4n) is 12.8. The highest BCUT2D eigenvalue weighted by Crippen LogP contribution is 2.29. The Bertz CT molecular complexity index is 5550. The standard InChI is InChI=1S/2C22H22N8O.C15H23N3O2.C12H8ClN5O.C8H6N2O2.2CH4/c2*23-21(31)20-17-6-1-2-7-18(17)30(28-20)19-8-9-25-22(27-19)26-15-4-3-5-16(14-15)29-12-10-24-11-13-29;1-15(2,3)20-14(19)18-9-7-17(8-10-18)13-6-4-5-12(16)11-13;13-12-15-6-5-9(16-12)18-8-4-2-1-3-7(8)10(17-18)11(14)19;11-8(12)7-5-3-1-2-4-6(5)9-10-7;;/h2*1-9,14,24H,10-13H2,(H2,23,31)(H,25,26,27);4-6,11H,7-10,16H2,1-3H3;1-6H,(H2,14,19);1-4H,(H,9,10)(H,11,12);2*1H4. The predicted molar refractivity (Wildman–Crippen MR) is 448 cm³/mol. The molecule has 7 aromatic carbocycles. The Morgan fingerprint density at radius 1 is 0.461 bits per heavy atom. The molecule has 0 saturated carbocycles. The topological polar surface area (TPSA) is 439 Å². The van der Waals surface area contributed by atoms with Gasteiger partial charge < -0.3 is 73.6 Å². The summed E-state index contributed by atoms with van der Waals surface area (Å²) in [7, 11) is 0. The summed E-state index contributed by atoms with van der Waals surface area (Å²) in [6, 6.07) is 58.6. The number of aromatic nitrogens is 14. The van der Waals surface area contributed by atoms with Gasteiger partial charge in [-0.15, -0.1) is 0 Å². The van der Waals surface area contributed by atoms with Crippen LogP contribution in [0.2, 0.25) is 5.28 Å². The van der Waals surface area contributed by atoms with Gasteiger partial charge in [-0.05, 0) is 111 Å². The Morgan fingerprint density at radius 2 is 0.852 bits per heavy atom. The van der Waals surface area contributed by atoms with Crippen molar-refractivity contribution >= 4 is 131 Å². The van der Waals surface area contributed by atoms with Gasteiger partial charge in [0.05, 0.1) is 22.1 Å². The number of fused-ring (bicyclic) bond motifs is 4. The number of halogens is 1. The summed E-state index contributed by atoms with van der Waals surface area (Å²) in [4.78, 5) is 92.1. The maximum atomic E-state index is 12.0. The minimum Gasteiger partial charge on any atom is -0.476 e. The Kier molecular flexibility index (Phi) is 26.5. The number of nitrogens with two attached hydrogens (primary N) is 4. The van der Waals surface area contributed by atoms with Gasteiger partial charge in [0.15, 0.2) is 40.2 Å². The average Bonchev–Trinajstić information content (AvgIpc) is 1.63. The number of para-hydroxylation sites is 4. The van der Waals surface area contributed by atoms with Crippen molar-refractivity contribution in [3.05, 3.63) is 235 Å². The van der Waals surface area contributed by atoms with Crippen LogP contribution in [0.25, 0.3) is 61.1 Å². The van der Waals surface area contributed by atoms with Gasteiger partial charge in [0.1, 0.15) is 5.60 Å². The molecule has 3 aliphatic heterocycles. The molecule has 17 rings (SSSR count). The number of aromatic carboxylic acids is 1. The summed E-state index contributed by atoms with van der Waals surface area (Å²) in [6.07, 6.45) is 4.60. The van der Waals surface area contributed by atoms with Gasteiger partial charge in [0.2, 0.25) is 17.2 Å². The molecule has 0 radical (unpaired) electrons. The second-order valence-corrected chi connectivity index (χ2v) is 27.2. The lowest BCUT2D eigenvalue weighted by Crippen LogP contribution is -2.50. The Morgan fingerprint density at radius 3 is 1.27 bits per heavy atom. The largest absolute Gasteiger partial charge is 0.476 e. The van der Waals surface area contributed by atoms with Gasteiger partial charge in [-0.3, -0.25) is 19.5 Å². The first kappa shape index (κ1) is 81.8. The van der Waals surface area contributed by atoms with Crippen molar-refractivity contribution in [2.24, 2.45) is 17.2 Å². The van der Waals surface area contributed by atoms with Crippen LogP contribution in [0.1, 0.15) is 77.6 Å². The van der Waals surface area contributed by atoms with Crippen molar-refractivity contribution in [1.29, 1.82) is 0 Å². The number of aromatic amines is 1. The van der Waals surface area contributed by atoms with E-state index in [-0.39, 0.29) is 49.0 Å². The van der Waals surface area contributed by atoms with Crippen molar-refractivity contribution in [1.82, 2.24) is 85.0 Å². The molecular formula is C81H89ClN26O7. The summed E-state index contributed by atoms with van der Waals surface area (Å²) >= 11 is 5.76. The van der Waals surface area contributed by atoms with Gasteiger partial charge >= 0.3 is 12.1 Å². The molecule has 34 heteroatoms. The molecule has 3 saturated heterocycles. The first-order chi connectivity index (χ1) is 54.7. The van der Waals surface area contributed by atoms with Crippen molar-refractivity contribution in [3.63, 3.8) is 0 Å². The second kappa shape index (κ2) is 37.2. The third kappa shape index (κ3) is 20.1. The van der Waals surface area contributed by atoms with E-state index >= 15 is 0 Å². The summed E-state index contributed by atoms with van der Waals surface area (Å²) in [5.74, 6) is -0.310. The predicted octanol–water partition coefficient (Wildman–Crippen LogP) is 10.6. The molecule has 3 fully saturated rings. The third-order valence-electron chi connectivity index (χ3n) is 18.0. The number of hydrogen-bond donors (Lipinski definition) is 10. The number of piperazine rings is 3. The quantitative estimate of drug-likeness (QED) is 0.0357. The molecule has 7 aromatic heterocycles. The highest BCUT2D eigenvalue weighted by Gasteiger charge is 2.27. The van der Waals surface area contributed by atoms with Gasteiger partial charge in [-0.1, -0.05) is 106 Å². The number of nitrogens with zero attached hydrogens (tertiary/aromatic N) is 17. The molecule has 10 heterocycles. The van der Waals surface area contributed by atoms with Crippen LogP contribution in [-0.2, 0) is 4.74 Å². The number of hydrogen-bond acceptors (Lipinski definition) is 24. The van der Waals surface area contributed by atoms with E-state index in [9.17, 15) is 24.0 Å². The van der Waals surface area contributed by atoms with Crippen molar-refractivity contribution in [2.75, 3.05) is 110 Å². The lowest BCUT2D eigenvalue weighted by atomic mass is 10.2. The molecular weight excluding hydrogens is 1480 g/mol. The van der Waals surface area contributed by atoms with Crippen molar-refractivity contribution in [2.45, 2.75) is 41.2 Å². The number of carbonyl (C=O) groups excluding carboxylic acids is 4. The molecule has 592 valence electrons. The van der Waals surface area contributed by atoms with Crippen LogP contribution in [0, 0.1) is 0 Å². The number of carboxylic acids is 1. The summed E-state index contributed by atoms with van der Waals surface area (Å²) < 4.78 is 10.1. The lowest BCUT2D eigenvalue weighted by Gasteiger charge is -2.36. The van der Waals surface area contributed by atoms with E-state index in [4.69, 9.17) is 44.4 Å². The zero-order valence-electron chi connectivity index (χ0n) is 61.8.